The first-order valence-corrected chi connectivity index (χ1v) is 11.4. The van der Waals surface area contributed by atoms with Crippen molar-refractivity contribution in [1.82, 2.24) is 0 Å². The third-order valence-electron chi connectivity index (χ3n) is 5.10. The minimum Gasteiger partial charge on any atom is -0.508 e. The molecular formula is C29H30O6. The van der Waals surface area contributed by atoms with Crippen molar-refractivity contribution in [1.29, 1.82) is 0 Å². The highest BCUT2D eigenvalue weighted by Gasteiger charge is 1.98. The lowest BCUT2D eigenvalue weighted by Gasteiger charge is -2.08. The molecule has 4 N–H and O–H groups in total. The molecular weight excluding hydrogens is 444 g/mol. The monoisotopic (exact) mass is 474 g/mol. The van der Waals surface area contributed by atoms with E-state index in [1.807, 2.05) is 24.3 Å². The molecule has 0 radical (unpaired) electrons. The van der Waals surface area contributed by atoms with E-state index in [9.17, 15) is 0 Å². The molecule has 35 heavy (non-hydrogen) atoms. The normalized spacial score (nSPS) is 10.2. The van der Waals surface area contributed by atoms with Crippen LogP contribution in [-0.4, -0.2) is 33.6 Å². The molecule has 0 spiro atoms. The van der Waals surface area contributed by atoms with Crippen molar-refractivity contribution in [2.45, 2.75) is 19.3 Å². The van der Waals surface area contributed by atoms with Gasteiger partial charge in [0.1, 0.15) is 47.7 Å². The zero-order chi connectivity index (χ0) is 24.9. The van der Waals surface area contributed by atoms with Gasteiger partial charge in [0, 0.05) is 0 Å². The van der Waals surface area contributed by atoms with Gasteiger partial charge in [0.2, 0.25) is 0 Å². The number of phenols is 4. The van der Waals surface area contributed by atoms with E-state index in [0.29, 0.717) is 36.2 Å². The summed E-state index contributed by atoms with van der Waals surface area (Å²) in [6.07, 6.45) is 3.07. The lowest BCUT2D eigenvalue weighted by Crippen LogP contribution is -2.08. The summed E-state index contributed by atoms with van der Waals surface area (Å²) < 4.78 is 10.8. The molecule has 4 aromatic carbocycles. The topological polar surface area (TPSA) is 99.4 Å². The number of rotatable bonds is 9. The second-order valence-electron chi connectivity index (χ2n) is 7.87. The van der Waals surface area contributed by atoms with Crippen LogP contribution in [0.1, 0.15) is 17.5 Å². The molecule has 6 nitrogen and oxygen atoms in total. The van der Waals surface area contributed by atoms with Gasteiger partial charge in [-0.25, -0.2) is 0 Å². The first kappa shape index (κ1) is 25.3. The van der Waals surface area contributed by atoms with Gasteiger partial charge in [0.25, 0.3) is 0 Å². The molecule has 0 saturated heterocycles. The number of aryl methyl sites for hydroxylation is 2. The molecule has 182 valence electrons. The van der Waals surface area contributed by atoms with E-state index in [-0.39, 0.29) is 11.5 Å². The minimum absolute atomic E-state index is 0.211. The second-order valence-corrected chi connectivity index (χ2v) is 7.87. The van der Waals surface area contributed by atoms with Crippen molar-refractivity contribution in [2.24, 2.45) is 0 Å². The fraction of sp³-hybridized carbons (Fsp3) is 0.172. The van der Waals surface area contributed by atoms with E-state index in [0.717, 1.165) is 19.3 Å². The van der Waals surface area contributed by atoms with Gasteiger partial charge in [-0.05, 0) is 103 Å². The standard InChI is InChI=1S/C15H16O2.C14H14O4/c16-14-8-4-12(5-9-14)2-1-3-13-6-10-15(17)11-7-13;15-11-1-5-13(6-2-11)17-9-10-18-14-7-3-12(16)4-8-14/h4-11,16-17H,1-3H2;1-8,15-16H,9-10H2. The van der Waals surface area contributed by atoms with Gasteiger partial charge in [0.15, 0.2) is 0 Å². The third kappa shape index (κ3) is 9.60. The van der Waals surface area contributed by atoms with E-state index >= 15 is 0 Å². The van der Waals surface area contributed by atoms with Crippen molar-refractivity contribution in [3.8, 4) is 34.5 Å². The number of phenolic OH excluding ortho intramolecular Hbond substituents is 4. The highest BCUT2D eigenvalue weighted by Crippen LogP contribution is 2.18. The molecule has 0 aliphatic rings. The number of hydrogen-bond donors (Lipinski definition) is 4. The molecule has 0 aliphatic heterocycles. The highest BCUT2D eigenvalue weighted by molar-refractivity contribution is 5.31. The Morgan fingerprint density at radius 2 is 0.686 bits per heavy atom. The smallest absolute Gasteiger partial charge is 0.122 e. The van der Waals surface area contributed by atoms with Crippen LogP contribution < -0.4 is 9.47 Å². The van der Waals surface area contributed by atoms with Gasteiger partial charge >= 0.3 is 0 Å². The molecule has 0 aromatic heterocycles. The maximum absolute atomic E-state index is 9.16. The Morgan fingerprint density at radius 3 is 1.00 bits per heavy atom. The van der Waals surface area contributed by atoms with Gasteiger partial charge in [0.05, 0.1) is 0 Å². The quantitative estimate of drug-likeness (QED) is 0.228. The maximum Gasteiger partial charge on any atom is 0.122 e. The van der Waals surface area contributed by atoms with Gasteiger partial charge in [-0.15, -0.1) is 0 Å². The largest absolute Gasteiger partial charge is 0.508 e. The van der Waals surface area contributed by atoms with Crippen LogP contribution in [0, 0.1) is 0 Å². The van der Waals surface area contributed by atoms with Crippen LogP contribution in [0.2, 0.25) is 0 Å². The number of benzene rings is 4. The average Bonchev–Trinajstić information content (AvgIpc) is 2.87. The van der Waals surface area contributed by atoms with Gasteiger partial charge in [-0.3, -0.25) is 0 Å². The van der Waals surface area contributed by atoms with E-state index in [1.165, 1.54) is 11.1 Å². The zero-order valence-corrected chi connectivity index (χ0v) is 19.4. The first-order chi connectivity index (χ1) is 17.0. The fourth-order valence-electron chi connectivity index (χ4n) is 3.23. The lowest BCUT2D eigenvalue weighted by atomic mass is 10.0. The second kappa shape index (κ2) is 13.4. The summed E-state index contributed by atoms with van der Waals surface area (Å²) in [5.74, 6) is 2.41. The van der Waals surface area contributed by atoms with Gasteiger partial charge < -0.3 is 29.9 Å². The molecule has 0 saturated carbocycles. The van der Waals surface area contributed by atoms with Crippen molar-refractivity contribution in [2.75, 3.05) is 13.2 Å². The Balaban J connectivity index is 0.000000196. The van der Waals surface area contributed by atoms with Crippen LogP contribution in [0.4, 0.5) is 0 Å². The molecule has 0 amide bonds. The third-order valence-corrected chi connectivity index (χ3v) is 5.10. The maximum atomic E-state index is 9.16. The van der Waals surface area contributed by atoms with Crippen molar-refractivity contribution in [3.05, 3.63) is 108 Å². The summed E-state index contributed by atoms with van der Waals surface area (Å²) in [6, 6.07) is 27.7. The number of aromatic hydroxyl groups is 4. The minimum atomic E-state index is 0.211. The number of ether oxygens (including phenoxy) is 2. The van der Waals surface area contributed by atoms with Gasteiger partial charge in [-0.2, -0.15) is 0 Å². The molecule has 0 aliphatic carbocycles. The van der Waals surface area contributed by atoms with Crippen LogP contribution in [0.3, 0.4) is 0 Å². The zero-order valence-electron chi connectivity index (χ0n) is 19.4. The number of hydrogen-bond acceptors (Lipinski definition) is 6. The predicted octanol–water partition coefficient (Wildman–Crippen LogP) is 5.83. The molecule has 0 atom stereocenters. The van der Waals surface area contributed by atoms with Crippen LogP contribution in [0.15, 0.2) is 97.1 Å². The predicted molar refractivity (Wildman–Crippen MR) is 135 cm³/mol. The van der Waals surface area contributed by atoms with Crippen LogP contribution in [0.25, 0.3) is 0 Å². The fourth-order valence-corrected chi connectivity index (χ4v) is 3.23. The highest BCUT2D eigenvalue weighted by atomic mass is 16.5. The van der Waals surface area contributed by atoms with Crippen molar-refractivity contribution >= 4 is 0 Å². The SMILES string of the molecule is Oc1ccc(CCCc2ccc(O)cc2)cc1.Oc1ccc(OCCOc2ccc(O)cc2)cc1. The molecule has 0 fully saturated rings. The molecule has 4 rings (SSSR count). The van der Waals surface area contributed by atoms with Crippen LogP contribution in [-0.2, 0) is 12.8 Å². The molecule has 0 heterocycles. The summed E-state index contributed by atoms with van der Waals surface area (Å²) in [7, 11) is 0. The van der Waals surface area contributed by atoms with E-state index < -0.39 is 0 Å². The van der Waals surface area contributed by atoms with E-state index in [4.69, 9.17) is 29.9 Å². The summed E-state index contributed by atoms with van der Waals surface area (Å²) in [4.78, 5) is 0. The lowest BCUT2D eigenvalue weighted by molar-refractivity contribution is 0.217. The Kier molecular flexibility index (Phi) is 9.69. The first-order valence-electron chi connectivity index (χ1n) is 11.4. The van der Waals surface area contributed by atoms with E-state index in [1.54, 1.807) is 72.8 Å². The Hall–Kier alpha value is -4.32. The molecule has 0 unspecified atom stereocenters. The molecule has 6 heteroatoms. The van der Waals surface area contributed by atoms with Crippen LogP contribution >= 0.6 is 0 Å². The Morgan fingerprint density at radius 1 is 0.400 bits per heavy atom. The Labute approximate surface area is 205 Å². The Bertz CT molecular complexity index is 1030. The summed E-state index contributed by atoms with van der Waals surface area (Å²) in [5, 5.41) is 36.5. The summed E-state index contributed by atoms with van der Waals surface area (Å²) in [6.45, 7) is 0.817. The molecule has 4 aromatic rings. The van der Waals surface area contributed by atoms with Crippen LogP contribution in [0.5, 0.6) is 34.5 Å². The van der Waals surface area contributed by atoms with E-state index in [2.05, 4.69) is 0 Å². The average molecular weight is 475 g/mol. The summed E-state index contributed by atoms with van der Waals surface area (Å²) in [5.41, 5.74) is 2.48. The van der Waals surface area contributed by atoms with Crippen molar-refractivity contribution < 1.29 is 29.9 Å². The van der Waals surface area contributed by atoms with Crippen molar-refractivity contribution in [3.63, 3.8) is 0 Å². The summed E-state index contributed by atoms with van der Waals surface area (Å²) >= 11 is 0. The molecule has 0 bridgehead atoms. The van der Waals surface area contributed by atoms with Gasteiger partial charge in [-0.1, -0.05) is 24.3 Å².